The fraction of sp³-hybridized carbons (Fsp3) is 0.353. The van der Waals surface area contributed by atoms with Crippen molar-refractivity contribution in [2.45, 2.75) is 34.2 Å². The number of ether oxygens (including phenoxy) is 1. The molecule has 0 atom stereocenters. The highest BCUT2D eigenvalue weighted by Gasteiger charge is 2.16. The van der Waals surface area contributed by atoms with Gasteiger partial charge in [0.15, 0.2) is 4.80 Å². The number of hydrogen-bond acceptors (Lipinski definition) is 7. The highest BCUT2D eigenvalue weighted by atomic mass is 32.1. The predicted molar refractivity (Wildman–Crippen MR) is 100 cm³/mol. The summed E-state index contributed by atoms with van der Waals surface area (Å²) < 4.78 is 11.5. The zero-order valence-corrected chi connectivity index (χ0v) is 16.5. The number of aromatic nitrogens is 3. The molecule has 0 spiro atoms. The maximum atomic E-state index is 12.5. The van der Waals surface area contributed by atoms with E-state index in [1.807, 2.05) is 26.0 Å². The highest BCUT2D eigenvalue weighted by Crippen LogP contribution is 2.22. The Morgan fingerprint density at radius 1 is 1.23 bits per heavy atom. The third-order valence-electron chi connectivity index (χ3n) is 3.93. The van der Waals surface area contributed by atoms with E-state index in [1.54, 1.807) is 18.4 Å². The second-order valence-corrected chi connectivity index (χ2v) is 7.55. The lowest BCUT2D eigenvalue weighted by atomic mass is 10.1. The molecule has 7 nitrogen and oxygen atoms in total. The van der Waals surface area contributed by atoms with Gasteiger partial charge in [0.25, 0.3) is 5.91 Å². The number of aryl methyl sites for hydroxylation is 3. The molecule has 136 valence electrons. The summed E-state index contributed by atoms with van der Waals surface area (Å²) in [4.78, 5) is 29.6. The van der Waals surface area contributed by atoms with Gasteiger partial charge >= 0.3 is 5.97 Å². The van der Waals surface area contributed by atoms with Crippen molar-refractivity contribution in [2.24, 2.45) is 4.99 Å². The van der Waals surface area contributed by atoms with Gasteiger partial charge in [0, 0.05) is 0 Å². The monoisotopic (exact) mass is 390 g/mol. The molecular formula is C17H18N4O3S2. The number of thiazole rings is 1. The van der Waals surface area contributed by atoms with E-state index in [0.29, 0.717) is 22.0 Å². The van der Waals surface area contributed by atoms with Gasteiger partial charge in [-0.2, -0.15) is 4.99 Å². The van der Waals surface area contributed by atoms with Crippen molar-refractivity contribution in [1.82, 2.24) is 14.2 Å². The lowest BCUT2D eigenvalue weighted by Gasteiger charge is -2.06. The van der Waals surface area contributed by atoms with Crippen molar-refractivity contribution in [1.29, 1.82) is 0 Å². The van der Waals surface area contributed by atoms with Crippen LogP contribution in [0.3, 0.4) is 0 Å². The van der Waals surface area contributed by atoms with Gasteiger partial charge in [-0.15, -0.1) is 5.10 Å². The van der Waals surface area contributed by atoms with Crippen LogP contribution in [0.5, 0.6) is 0 Å². The summed E-state index contributed by atoms with van der Waals surface area (Å²) in [6, 6.07) is 4.05. The van der Waals surface area contributed by atoms with E-state index in [-0.39, 0.29) is 12.5 Å². The Labute approximate surface area is 158 Å². The number of hydrogen-bond donors (Lipinski definition) is 0. The van der Waals surface area contributed by atoms with Crippen molar-refractivity contribution < 1.29 is 14.3 Å². The summed E-state index contributed by atoms with van der Waals surface area (Å²) in [6.45, 7) is 7.82. The first-order valence-electron chi connectivity index (χ1n) is 8.05. The lowest BCUT2D eigenvalue weighted by molar-refractivity contribution is -0.143. The van der Waals surface area contributed by atoms with Gasteiger partial charge in [-0.05, 0) is 62.5 Å². The van der Waals surface area contributed by atoms with E-state index in [9.17, 15) is 9.59 Å². The van der Waals surface area contributed by atoms with Gasteiger partial charge in [0.05, 0.1) is 22.5 Å². The van der Waals surface area contributed by atoms with Crippen LogP contribution in [0.15, 0.2) is 17.1 Å². The van der Waals surface area contributed by atoms with E-state index >= 15 is 0 Å². The Balaban J connectivity index is 2.16. The predicted octanol–water partition coefficient (Wildman–Crippen LogP) is 2.78. The third-order valence-corrected chi connectivity index (χ3v) is 5.79. The molecule has 1 aromatic carbocycles. The smallest absolute Gasteiger partial charge is 0.326 e. The van der Waals surface area contributed by atoms with Gasteiger partial charge in [0.1, 0.15) is 11.4 Å². The fourth-order valence-corrected chi connectivity index (χ4v) is 4.11. The number of carbonyl (C=O) groups excluding carboxylic acids is 2. The van der Waals surface area contributed by atoms with Crippen LogP contribution in [0.25, 0.3) is 10.2 Å². The zero-order valence-electron chi connectivity index (χ0n) is 14.9. The number of esters is 1. The van der Waals surface area contributed by atoms with Gasteiger partial charge in [-0.25, -0.2) is 0 Å². The van der Waals surface area contributed by atoms with Crippen LogP contribution >= 0.6 is 22.9 Å². The Bertz CT molecular complexity index is 1060. The third kappa shape index (κ3) is 3.58. The Kier molecular flexibility index (Phi) is 5.28. The quantitative estimate of drug-likeness (QED) is 0.640. The molecule has 0 saturated heterocycles. The van der Waals surface area contributed by atoms with Gasteiger partial charge in [0.2, 0.25) is 0 Å². The SMILES string of the molecule is CCOC(=O)Cn1c(=NC(=O)c2snnc2C)sc2cc(C)c(C)cc21. The van der Waals surface area contributed by atoms with Crippen molar-refractivity contribution in [3.05, 3.63) is 38.6 Å². The average Bonchev–Trinajstić information content (AvgIpc) is 3.13. The molecule has 1 amide bonds. The molecule has 0 radical (unpaired) electrons. The Morgan fingerprint density at radius 3 is 2.62 bits per heavy atom. The molecule has 0 fully saturated rings. The number of amides is 1. The summed E-state index contributed by atoms with van der Waals surface area (Å²) >= 11 is 2.39. The van der Waals surface area contributed by atoms with Crippen LogP contribution in [0.1, 0.15) is 33.4 Å². The Morgan fingerprint density at radius 2 is 1.96 bits per heavy atom. The lowest BCUT2D eigenvalue weighted by Crippen LogP contribution is -2.23. The van der Waals surface area contributed by atoms with Crippen LogP contribution in [-0.2, 0) is 16.1 Å². The minimum Gasteiger partial charge on any atom is -0.465 e. The molecule has 2 heterocycles. The first-order chi connectivity index (χ1) is 12.4. The molecule has 0 aliphatic rings. The summed E-state index contributed by atoms with van der Waals surface area (Å²) in [5.41, 5.74) is 3.65. The number of fused-ring (bicyclic) bond motifs is 1. The van der Waals surface area contributed by atoms with Crippen molar-refractivity contribution in [2.75, 3.05) is 6.61 Å². The minimum atomic E-state index is -0.407. The Hall–Kier alpha value is -2.39. The molecule has 26 heavy (non-hydrogen) atoms. The number of nitrogens with zero attached hydrogens (tertiary/aromatic N) is 4. The van der Waals surface area contributed by atoms with E-state index in [0.717, 1.165) is 32.9 Å². The number of rotatable bonds is 4. The van der Waals surface area contributed by atoms with E-state index < -0.39 is 5.91 Å². The molecule has 0 saturated carbocycles. The minimum absolute atomic E-state index is 0.00236. The normalized spacial score (nSPS) is 11.9. The largest absolute Gasteiger partial charge is 0.465 e. The molecule has 0 bridgehead atoms. The summed E-state index contributed by atoms with van der Waals surface area (Å²) in [6.07, 6.45) is 0. The molecule has 3 aromatic rings. The molecule has 0 unspecified atom stereocenters. The first kappa shape index (κ1) is 18.4. The molecule has 0 N–H and O–H groups in total. The maximum Gasteiger partial charge on any atom is 0.326 e. The molecular weight excluding hydrogens is 372 g/mol. The highest BCUT2D eigenvalue weighted by molar-refractivity contribution is 7.16. The van der Waals surface area contributed by atoms with Gasteiger partial charge in [-0.1, -0.05) is 15.8 Å². The standard InChI is InChI=1S/C17H18N4O3S2/c1-5-24-14(22)8-21-12-6-9(2)10(3)7-13(12)25-17(21)18-16(23)15-11(4)19-20-26-15/h6-7H,5,8H2,1-4H3. The molecule has 0 aliphatic heterocycles. The van der Waals surface area contributed by atoms with Crippen LogP contribution in [0.2, 0.25) is 0 Å². The van der Waals surface area contributed by atoms with Crippen LogP contribution in [0.4, 0.5) is 0 Å². The van der Waals surface area contributed by atoms with Crippen molar-refractivity contribution in [3.8, 4) is 0 Å². The molecule has 9 heteroatoms. The van der Waals surface area contributed by atoms with Crippen LogP contribution < -0.4 is 4.80 Å². The number of carbonyl (C=O) groups is 2. The van der Waals surface area contributed by atoms with E-state index in [1.165, 1.54) is 11.3 Å². The summed E-state index contributed by atoms with van der Waals surface area (Å²) in [5.74, 6) is -0.773. The second-order valence-electron chi connectivity index (χ2n) is 5.78. The van der Waals surface area contributed by atoms with Crippen molar-refractivity contribution >= 4 is 45.0 Å². The fourth-order valence-electron chi connectivity index (χ4n) is 2.46. The summed E-state index contributed by atoms with van der Waals surface area (Å²) in [7, 11) is 0. The van der Waals surface area contributed by atoms with E-state index in [2.05, 4.69) is 14.6 Å². The van der Waals surface area contributed by atoms with E-state index in [4.69, 9.17) is 4.74 Å². The van der Waals surface area contributed by atoms with Crippen LogP contribution in [0, 0.1) is 20.8 Å². The molecule has 0 aliphatic carbocycles. The maximum absolute atomic E-state index is 12.5. The average molecular weight is 390 g/mol. The van der Waals surface area contributed by atoms with Crippen molar-refractivity contribution in [3.63, 3.8) is 0 Å². The second kappa shape index (κ2) is 7.46. The topological polar surface area (TPSA) is 86.4 Å². The molecule has 3 rings (SSSR count). The number of benzene rings is 1. The first-order valence-corrected chi connectivity index (χ1v) is 9.64. The van der Waals surface area contributed by atoms with Crippen LogP contribution in [-0.4, -0.2) is 32.6 Å². The molecule has 2 aromatic heterocycles. The van der Waals surface area contributed by atoms with Gasteiger partial charge in [-0.3, -0.25) is 9.59 Å². The zero-order chi connectivity index (χ0) is 18.8. The van der Waals surface area contributed by atoms with Gasteiger partial charge < -0.3 is 9.30 Å². The summed E-state index contributed by atoms with van der Waals surface area (Å²) in [5, 5.41) is 3.85.